The molecule has 1 aromatic heterocycles. The molecule has 1 N–H and O–H groups in total. The van der Waals surface area contributed by atoms with E-state index in [1.165, 1.54) is 28.5 Å². The molecule has 1 heterocycles. The molecule has 3 nitrogen and oxygen atoms in total. The van der Waals surface area contributed by atoms with Crippen molar-refractivity contribution in [3.63, 3.8) is 0 Å². The minimum atomic E-state index is 0.544. The molecule has 0 aliphatic carbocycles. The minimum Gasteiger partial charge on any atom is -0.348 e. The van der Waals surface area contributed by atoms with Gasteiger partial charge in [-0.2, -0.15) is 0 Å². The van der Waals surface area contributed by atoms with Crippen molar-refractivity contribution in [2.24, 2.45) is 5.92 Å². The Hall–Kier alpha value is -0.610. The lowest BCUT2D eigenvalue weighted by atomic mass is 10.0. The number of nitrogens with one attached hydrogen (secondary N) is 1. The van der Waals surface area contributed by atoms with E-state index in [1.807, 2.05) is 11.3 Å². The molecule has 1 unspecified atom stereocenters. The first-order chi connectivity index (χ1) is 9.49. The van der Waals surface area contributed by atoms with Gasteiger partial charge in [-0.05, 0) is 38.6 Å². The smallest absolute Gasteiger partial charge is 0.185 e. The highest BCUT2D eigenvalue weighted by Gasteiger charge is 2.17. The summed E-state index contributed by atoms with van der Waals surface area (Å²) in [5.41, 5.74) is 1.26. The molecule has 1 atom stereocenters. The van der Waals surface area contributed by atoms with Crippen LogP contribution >= 0.6 is 11.3 Å². The first-order valence-electron chi connectivity index (χ1n) is 7.91. The summed E-state index contributed by atoms with van der Waals surface area (Å²) < 4.78 is 0. The fourth-order valence-corrected chi connectivity index (χ4v) is 3.52. The SMILES string of the molecule is CCCNCc1sc(N(C)C(C)CC(C)C)nc1CC. The van der Waals surface area contributed by atoms with Gasteiger partial charge in [-0.15, -0.1) is 11.3 Å². The van der Waals surface area contributed by atoms with Crippen molar-refractivity contribution >= 4 is 16.5 Å². The zero-order valence-corrected chi connectivity index (χ0v) is 14.8. The van der Waals surface area contributed by atoms with Gasteiger partial charge < -0.3 is 10.2 Å². The summed E-state index contributed by atoms with van der Waals surface area (Å²) in [7, 11) is 2.18. The molecule has 0 saturated carbocycles. The van der Waals surface area contributed by atoms with Crippen LogP contribution in [0.15, 0.2) is 0 Å². The third-order valence-electron chi connectivity index (χ3n) is 3.59. The van der Waals surface area contributed by atoms with Crippen molar-refractivity contribution in [1.82, 2.24) is 10.3 Å². The van der Waals surface area contributed by atoms with Crippen molar-refractivity contribution in [2.45, 2.75) is 66.5 Å². The molecule has 116 valence electrons. The van der Waals surface area contributed by atoms with Gasteiger partial charge in [-0.1, -0.05) is 27.7 Å². The van der Waals surface area contributed by atoms with Crippen LogP contribution in [0, 0.1) is 5.92 Å². The van der Waals surface area contributed by atoms with E-state index in [4.69, 9.17) is 4.98 Å². The van der Waals surface area contributed by atoms with Crippen LogP contribution in [-0.2, 0) is 13.0 Å². The van der Waals surface area contributed by atoms with E-state index >= 15 is 0 Å². The Morgan fingerprint density at radius 3 is 2.50 bits per heavy atom. The summed E-state index contributed by atoms with van der Waals surface area (Å²) in [5.74, 6) is 0.726. The van der Waals surface area contributed by atoms with Crippen molar-refractivity contribution < 1.29 is 0 Å². The number of anilines is 1. The van der Waals surface area contributed by atoms with Crippen molar-refractivity contribution in [2.75, 3.05) is 18.5 Å². The maximum atomic E-state index is 4.84. The van der Waals surface area contributed by atoms with Gasteiger partial charge in [0.2, 0.25) is 0 Å². The normalized spacial score (nSPS) is 12.9. The van der Waals surface area contributed by atoms with Gasteiger partial charge in [0.05, 0.1) is 5.69 Å². The Labute approximate surface area is 128 Å². The second-order valence-electron chi connectivity index (χ2n) is 5.99. The Bertz CT molecular complexity index is 387. The van der Waals surface area contributed by atoms with E-state index < -0.39 is 0 Å². The van der Waals surface area contributed by atoms with Crippen LogP contribution in [0.5, 0.6) is 0 Å². The van der Waals surface area contributed by atoms with Crippen LogP contribution in [0.1, 0.15) is 58.0 Å². The predicted molar refractivity (Wildman–Crippen MR) is 90.8 cm³/mol. The molecule has 0 radical (unpaired) electrons. The fraction of sp³-hybridized carbons (Fsp3) is 0.812. The van der Waals surface area contributed by atoms with Crippen LogP contribution in [0.25, 0.3) is 0 Å². The molecule has 0 fully saturated rings. The Morgan fingerprint density at radius 1 is 1.25 bits per heavy atom. The lowest BCUT2D eigenvalue weighted by molar-refractivity contribution is 0.503. The summed E-state index contributed by atoms with van der Waals surface area (Å²) in [6.07, 6.45) is 3.41. The second-order valence-corrected chi connectivity index (χ2v) is 7.05. The molecular weight excluding hydrogens is 266 g/mol. The molecular formula is C16H31N3S. The minimum absolute atomic E-state index is 0.544. The molecule has 0 aliphatic heterocycles. The molecule has 0 aliphatic rings. The van der Waals surface area contributed by atoms with Crippen LogP contribution in [0.4, 0.5) is 5.13 Å². The Morgan fingerprint density at radius 2 is 1.95 bits per heavy atom. The van der Waals surface area contributed by atoms with Crippen LogP contribution in [0.3, 0.4) is 0 Å². The number of aromatic nitrogens is 1. The van der Waals surface area contributed by atoms with Crippen LogP contribution < -0.4 is 10.2 Å². The van der Waals surface area contributed by atoms with Crippen molar-refractivity contribution in [1.29, 1.82) is 0 Å². The molecule has 20 heavy (non-hydrogen) atoms. The van der Waals surface area contributed by atoms with E-state index in [-0.39, 0.29) is 0 Å². The standard InChI is InChI=1S/C16H31N3S/c1-7-9-17-11-15-14(8-2)18-16(20-15)19(6)13(5)10-12(3)4/h12-13,17H,7-11H2,1-6H3. The molecule has 0 spiro atoms. The van der Waals surface area contributed by atoms with Gasteiger partial charge in [0.15, 0.2) is 5.13 Å². The topological polar surface area (TPSA) is 28.2 Å². The zero-order chi connectivity index (χ0) is 15.1. The summed E-state index contributed by atoms with van der Waals surface area (Å²) in [4.78, 5) is 8.58. The highest BCUT2D eigenvalue weighted by Crippen LogP contribution is 2.28. The molecule has 0 aromatic carbocycles. The van der Waals surface area contributed by atoms with Gasteiger partial charge in [0.1, 0.15) is 0 Å². The van der Waals surface area contributed by atoms with Crippen molar-refractivity contribution in [3.05, 3.63) is 10.6 Å². The quantitative estimate of drug-likeness (QED) is 0.696. The average molecular weight is 298 g/mol. The summed E-state index contributed by atoms with van der Waals surface area (Å²) in [6.45, 7) is 13.3. The molecule has 1 aromatic rings. The fourth-order valence-electron chi connectivity index (χ4n) is 2.34. The van der Waals surface area contributed by atoms with Crippen LogP contribution in [-0.4, -0.2) is 24.6 Å². The largest absolute Gasteiger partial charge is 0.348 e. The van der Waals surface area contributed by atoms with E-state index in [0.717, 1.165) is 25.4 Å². The summed E-state index contributed by atoms with van der Waals surface area (Å²) >= 11 is 1.85. The predicted octanol–water partition coefficient (Wildman–Crippen LogP) is 4.08. The van der Waals surface area contributed by atoms with Gasteiger partial charge >= 0.3 is 0 Å². The highest BCUT2D eigenvalue weighted by atomic mass is 32.1. The summed E-state index contributed by atoms with van der Waals surface area (Å²) in [5, 5.41) is 4.66. The first-order valence-corrected chi connectivity index (χ1v) is 8.73. The van der Waals surface area contributed by atoms with E-state index in [9.17, 15) is 0 Å². The second kappa shape index (κ2) is 8.63. The Balaban J connectivity index is 2.74. The number of nitrogens with zero attached hydrogens (tertiary/aromatic N) is 2. The number of rotatable bonds is 9. The number of hydrogen-bond donors (Lipinski definition) is 1. The third-order valence-corrected chi connectivity index (χ3v) is 4.78. The molecule has 1 rings (SSSR count). The lowest BCUT2D eigenvalue weighted by Gasteiger charge is -2.25. The molecule has 0 saturated heterocycles. The molecule has 4 heteroatoms. The molecule has 0 amide bonds. The molecule has 0 bridgehead atoms. The van der Waals surface area contributed by atoms with E-state index in [1.54, 1.807) is 0 Å². The van der Waals surface area contributed by atoms with Gasteiger partial charge in [0.25, 0.3) is 0 Å². The number of thiazole rings is 1. The Kier molecular flexibility index (Phi) is 7.52. The van der Waals surface area contributed by atoms with Gasteiger partial charge in [-0.3, -0.25) is 0 Å². The number of aryl methyl sites for hydroxylation is 1. The highest BCUT2D eigenvalue weighted by molar-refractivity contribution is 7.15. The van der Waals surface area contributed by atoms with Gasteiger partial charge in [0, 0.05) is 24.5 Å². The third kappa shape index (κ3) is 5.06. The summed E-state index contributed by atoms with van der Waals surface area (Å²) in [6, 6.07) is 0.544. The zero-order valence-electron chi connectivity index (χ0n) is 14.0. The van der Waals surface area contributed by atoms with E-state index in [2.05, 4.69) is 51.9 Å². The van der Waals surface area contributed by atoms with E-state index in [0.29, 0.717) is 6.04 Å². The lowest BCUT2D eigenvalue weighted by Crippen LogP contribution is -2.29. The van der Waals surface area contributed by atoms with Gasteiger partial charge in [-0.25, -0.2) is 4.98 Å². The average Bonchev–Trinajstić information content (AvgIpc) is 2.80. The van der Waals surface area contributed by atoms with Crippen molar-refractivity contribution in [3.8, 4) is 0 Å². The first kappa shape index (κ1) is 17.4. The maximum absolute atomic E-state index is 4.84. The van der Waals surface area contributed by atoms with Crippen LogP contribution in [0.2, 0.25) is 0 Å². The monoisotopic (exact) mass is 297 g/mol. The maximum Gasteiger partial charge on any atom is 0.185 e. The number of hydrogen-bond acceptors (Lipinski definition) is 4.